The van der Waals surface area contributed by atoms with Gasteiger partial charge in [-0.25, -0.2) is 8.42 Å². The number of nitrogens with one attached hydrogen (secondary N) is 1. The van der Waals surface area contributed by atoms with Crippen molar-refractivity contribution in [1.29, 1.82) is 0 Å². The van der Waals surface area contributed by atoms with Gasteiger partial charge in [0.25, 0.3) is 0 Å². The van der Waals surface area contributed by atoms with E-state index in [1.165, 1.54) is 10.4 Å². The SMILES string of the molecule is CCN1CCN(S(=O)(=O)c2cccc(NC(=O)C3CCCN3C(=O)C(C)(C)C)c2)CC1. The average molecular weight is 451 g/mol. The van der Waals surface area contributed by atoms with Gasteiger partial charge in [0.05, 0.1) is 4.90 Å². The Bertz CT molecular complexity index is 918. The Kier molecular flexibility index (Phi) is 7.08. The number of hydrogen-bond donors (Lipinski definition) is 1. The molecule has 172 valence electrons. The van der Waals surface area contributed by atoms with Gasteiger partial charge in [-0.15, -0.1) is 0 Å². The Morgan fingerprint density at radius 1 is 1.10 bits per heavy atom. The summed E-state index contributed by atoms with van der Waals surface area (Å²) in [5.41, 5.74) is -0.133. The van der Waals surface area contributed by atoms with E-state index in [4.69, 9.17) is 0 Å². The number of hydrogen-bond acceptors (Lipinski definition) is 5. The van der Waals surface area contributed by atoms with E-state index < -0.39 is 21.5 Å². The van der Waals surface area contributed by atoms with E-state index in [0.717, 1.165) is 13.0 Å². The molecule has 3 rings (SSSR count). The van der Waals surface area contributed by atoms with E-state index in [0.29, 0.717) is 44.8 Å². The van der Waals surface area contributed by atoms with Crippen molar-refractivity contribution in [3.8, 4) is 0 Å². The van der Waals surface area contributed by atoms with Crippen molar-refractivity contribution in [2.75, 3.05) is 44.6 Å². The highest BCUT2D eigenvalue weighted by atomic mass is 32.2. The summed E-state index contributed by atoms with van der Waals surface area (Å²) in [6.45, 7) is 11.4. The van der Waals surface area contributed by atoms with E-state index in [1.54, 1.807) is 23.1 Å². The van der Waals surface area contributed by atoms with Crippen LogP contribution in [0.25, 0.3) is 0 Å². The second-order valence-corrected chi connectivity index (χ2v) is 11.2. The summed E-state index contributed by atoms with van der Waals surface area (Å²) in [6, 6.07) is 5.84. The van der Waals surface area contributed by atoms with Crippen LogP contribution < -0.4 is 5.32 Å². The molecule has 1 aromatic rings. The van der Waals surface area contributed by atoms with Crippen molar-refractivity contribution in [3.63, 3.8) is 0 Å². The fourth-order valence-corrected chi connectivity index (χ4v) is 5.58. The molecule has 1 atom stereocenters. The van der Waals surface area contributed by atoms with Gasteiger partial charge in [-0.05, 0) is 37.6 Å². The summed E-state index contributed by atoms with van der Waals surface area (Å²) in [6.07, 6.45) is 1.38. The summed E-state index contributed by atoms with van der Waals surface area (Å²) >= 11 is 0. The molecule has 1 N–H and O–H groups in total. The molecule has 0 bridgehead atoms. The van der Waals surface area contributed by atoms with E-state index in [-0.39, 0.29) is 16.7 Å². The monoisotopic (exact) mass is 450 g/mol. The number of carbonyl (C=O) groups excluding carboxylic acids is 2. The molecule has 0 radical (unpaired) electrons. The van der Waals surface area contributed by atoms with E-state index in [1.807, 2.05) is 20.8 Å². The fourth-order valence-electron chi connectivity index (χ4n) is 4.11. The number of likely N-dealkylation sites (tertiary alicyclic amines) is 1. The van der Waals surface area contributed by atoms with Gasteiger partial charge >= 0.3 is 0 Å². The number of amides is 2. The van der Waals surface area contributed by atoms with Crippen LogP contribution in [0.2, 0.25) is 0 Å². The van der Waals surface area contributed by atoms with Crippen molar-refractivity contribution < 1.29 is 18.0 Å². The van der Waals surface area contributed by atoms with Gasteiger partial charge in [0, 0.05) is 43.8 Å². The number of benzene rings is 1. The van der Waals surface area contributed by atoms with Crippen LogP contribution in [0, 0.1) is 5.41 Å². The van der Waals surface area contributed by atoms with Gasteiger partial charge < -0.3 is 15.1 Å². The average Bonchev–Trinajstić information content (AvgIpc) is 3.22. The molecule has 2 amide bonds. The Morgan fingerprint density at radius 3 is 2.39 bits per heavy atom. The van der Waals surface area contributed by atoms with E-state index >= 15 is 0 Å². The molecule has 0 aromatic heterocycles. The van der Waals surface area contributed by atoms with Crippen LogP contribution in [0.5, 0.6) is 0 Å². The highest BCUT2D eigenvalue weighted by molar-refractivity contribution is 7.89. The first-order valence-corrected chi connectivity index (χ1v) is 12.4. The van der Waals surface area contributed by atoms with Gasteiger partial charge in [0.15, 0.2) is 0 Å². The molecule has 0 aliphatic carbocycles. The number of rotatable bonds is 5. The summed E-state index contributed by atoms with van der Waals surface area (Å²) < 4.78 is 27.6. The third kappa shape index (κ3) is 5.27. The second kappa shape index (κ2) is 9.26. The van der Waals surface area contributed by atoms with Crippen molar-refractivity contribution in [2.45, 2.75) is 51.5 Å². The molecule has 2 aliphatic rings. The van der Waals surface area contributed by atoms with Gasteiger partial charge in [0.2, 0.25) is 21.8 Å². The molecular weight excluding hydrogens is 416 g/mol. The molecule has 1 aromatic carbocycles. The molecule has 0 saturated carbocycles. The van der Waals surface area contributed by atoms with Gasteiger partial charge in [-0.3, -0.25) is 9.59 Å². The molecule has 2 heterocycles. The van der Waals surface area contributed by atoms with Gasteiger partial charge in [-0.1, -0.05) is 33.8 Å². The smallest absolute Gasteiger partial charge is 0.247 e. The maximum Gasteiger partial charge on any atom is 0.247 e. The molecule has 2 fully saturated rings. The third-order valence-electron chi connectivity index (χ3n) is 5.98. The predicted molar refractivity (Wildman–Crippen MR) is 120 cm³/mol. The lowest BCUT2D eigenvalue weighted by Crippen LogP contribution is -2.48. The first-order valence-electron chi connectivity index (χ1n) is 11.0. The molecule has 2 saturated heterocycles. The van der Waals surface area contributed by atoms with Crippen LogP contribution in [0.15, 0.2) is 29.2 Å². The fraction of sp³-hybridized carbons (Fsp3) is 0.636. The minimum absolute atomic E-state index is 0.0484. The number of nitrogens with zero attached hydrogens (tertiary/aromatic N) is 3. The van der Waals surface area contributed by atoms with Crippen LogP contribution >= 0.6 is 0 Å². The second-order valence-electron chi connectivity index (χ2n) is 9.26. The zero-order valence-corrected chi connectivity index (χ0v) is 19.7. The van der Waals surface area contributed by atoms with Crippen LogP contribution in [0.1, 0.15) is 40.5 Å². The van der Waals surface area contributed by atoms with Crippen LogP contribution in [-0.2, 0) is 19.6 Å². The highest BCUT2D eigenvalue weighted by Gasteiger charge is 2.38. The normalized spacial score (nSPS) is 21.3. The zero-order chi connectivity index (χ0) is 22.8. The van der Waals surface area contributed by atoms with Crippen molar-refractivity contribution in [1.82, 2.24) is 14.1 Å². The Balaban J connectivity index is 1.72. The zero-order valence-electron chi connectivity index (χ0n) is 18.9. The highest BCUT2D eigenvalue weighted by Crippen LogP contribution is 2.27. The topological polar surface area (TPSA) is 90.0 Å². The largest absolute Gasteiger partial charge is 0.330 e. The minimum atomic E-state index is -3.62. The Hall–Kier alpha value is -1.97. The lowest BCUT2D eigenvalue weighted by atomic mass is 9.94. The van der Waals surface area contributed by atoms with E-state index in [2.05, 4.69) is 17.1 Å². The molecule has 2 aliphatic heterocycles. The standard InChI is InChI=1S/C22H34N4O4S/c1-5-24-12-14-25(15-13-24)31(29,30)18-9-6-8-17(16-18)23-20(27)19-10-7-11-26(19)21(28)22(2,3)4/h6,8-9,16,19H,5,7,10-15H2,1-4H3,(H,23,27). The summed E-state index contributed by atoms with van der Waals surface area (Å²) in [5, 5.41) is 2.83. The molecule has 8 nitrogen and oxygen atoms in total. The maximum atomic E-state index is 13.1. The van der Waals surface area contributed by atoms with Gasteiger partial charge in [-0.2, -0.15) is 4.31 Å². The molecule has 31 heavy (non-hydrogen) atoms. The number of likely N-dealkylation sites (N-methyl/N-ethyl adjacent to an activating group) is 1. The summed E-state index contributed by atoms with van der Waals surface area (Å²) in [7, 11) is -3.62. The number of carbonyl (C=O) groups is 2. The maximum absolute atomic E-state index is 13.1. The van der Waals surface area contributed by atoms with Crippen molar-refractivity contribution in [2.24, 2.45) is 5.41 Å². The minimum Gasteiger partial charge on any atom is -0.330 e. The molecule has 0 spiro atoms. The van der Waals surface area contributed by atoms with Crippen LogP contribution in [0.4, 0.5) is 5.69 Å². The molecule has 9 heteroatoms. The quantitative estimate of drug-likeness (QED) is 0.741. The van der Waals surface area contributed by atoms with Crippen molar-refractivity contribution >= 4 is 27.5 Å². The van der Waals surface area contributed by atoms with Gasteiger partial charge in [0.1, 0.15) is 6.04 Å². The summed E-state index contributed by atoms with van der Waals surface area (Å²) in [5.74, 6) is -0.325. The first kappa shape index (κ1) is 23.7. The Labute approximate surface area is 185 Å². The summed E-state index contributed by atoms with van der Waals surface area (Å²) in [4.78, 5) is 29.6. The number of sulfonamides is 1. The lowest BCUT2D eigenvalue weighted by molar-refractivity contribution is -0.143. The van der Waals surface area contributed by atoms with E-state index in [9.17, 15) is 18.0 Å². The molecule has 1 unspecified atom stereocenters. The van der Waals surface area contributed by atoms with Crippen LogP contribution in [0.3, 0.4) is 0 Å². The Morgan fingerprint density at radius 2 is 1.77 bits per heavy atom. The number of anilines is 1. The number of piperazine rings is 1. The lowest BCUT2D eigenvalue weighted by Gasteiger charge is -2.33. The first-order chi connectivity index (χ1) is 14.5. The third-order valence-corrected chi connectivity index (χ3v) is 7.87. The predicted octanol–water partition coefficient (Wildman–Crippen LogP) is 1.99. The van der Waals surface area contributed by atoms with Crippen LogP contribution in [-0.4, -0.2) is 79.6 Å². The van der Waals surface area contributed by atoms with Crippen molar-refractivity contribution in [3.05, 3.63) is 24.3 Å². The molecular formula is C22H34N4O4S.